The Labute approximate surface area is 175 Å². The molecule has 0 unspecified atom stereocenters. The van der Waals surface area contributed by atoms with Gasteiger partial charge in [-0.3, -0.25) is 4.79 Å². The van der Waals surface area contributed by atoms with E-state index >= 15 is 0 Å². The van der Waals surface area contributed by atoms with Crippen LogP contribution in [0.2, 0.25) is 0 Å². The van der Waals surface area contributed by atoms with Gasteiger partial charge in [0.25, 0.3) is 0 Å². The molecule has 1 fully saturated rings. The van der Waals surface area contributed by atoms with Gasteiger partial charge in [0.2, 0.25) is 11.7 Å². The maximum absolute atomic E-state index is 12.2. The molecule has 28 heavy (non-hydrogen) atoms. The van der Waals surface area contributed by atoms with E-state index in [0.29, 0.717) is 18.1 Å². The Bertz CT molecular complexity index is 923. The summed E-state index contributed by atoms with van der Waals surface area (Å²) in [5, 5.41) is 4.21. The highest BCUT2D eigenvalue weighted by Gasteiger charge is 2.26. The fourth-order valence-electron chi connectivity index (χ4n) is 3.29. The number of allylic oxidation sites excluding steroid dienone is 3. The molecule has 1 aliphatic heterocycles. The Morgan fingerprint density at radius 3 is 2.86 bits per heavy atom. The fourth-order valence-corrected chi connectivity index (χ4v) is 5.91. The Balaban J connectivity index is 1.27. The van der Waals surface area contributed by atoms with E-state index in [1.165, 1.54) is 12.8 Å². The van der Waals surface area contributed by atoms with Gasteiger partial charge < -0.3 is 4.52 Å². The summed E-state index contributed by atoms with van der Waals surface area (Å²) >= 11 is 0.0586. The quantitative estimate of drug-likeness (QED) is 0.244. The molecule has 0 bridgehead atoms. The zero-order valence-electron chi connectivity index (χ0n) is 16.1. The number of nitrogens with zero attached hydrogens (tertiary/aromatic N) is 2. The molecule has 0 amide bonds. The van der Waals surface area contributed by atoms with Crippen molar-refractivity contribution in [3.63, 3.8) is 0 Å². The molecule has 4 rings (SSSR count). The third-order valence-corrected chi connectivity index (χ3v) is 7.83. The van der Waals surface area contributed by atoms with Gasteiger partial charge in [-0.15, -0.1) is 0 Å². The lowest BCUT2D eigenvalue weighted by atomic mass is 10.0. The number of aromatic nitrogens is 2. The summed E-state index contributed by atoms with van der Waals surface area (Å²) in [5.41, 5.74) is 1.89. The molecular formula is C23H25IN2O2. The summed E-state index contributed by atoms with van der Waals surface area (Å²) in [6.45, 7) is 2.12. The summed E-state index contributed by atoms with van der Waals surface area (Å²) < 4.78 is 9.46. The summed E-state index contributed by atoms with van der Waals surface area (Å²) in [5.74, 6) is 2.65. The van der Waals surface area contributed by atoms with Crippen LogP contribution < -0.4 is 0 Å². The summed E-state index contributed by atoms with van der Waals surface area (Å²) in [6, 6.07) is 9.52. The highest BCUT2D eigenvalue weighted by Crippen LogP contribution is 2.37. The van der Waals surface area contributed by atoms with Crippen molar-refractivity contribution in [1.29, 1.82) is 0 Å². The second kappa shape index (κ2) is 9.07. The fraction of sp³-hybridized carbons (Fsp3) is 0.391. The standard InChI is InChI=1S/C23H25IN2O2/c1-16(7-5-6-10-21(27)18-8-3-2-4-9-18)23-25-22(26-28-23)19-13-14-24-20(15-19)17-11-12-17/h2-4,8-9,13-17H,5-7,10-12H2,1H3/t16-/m1/s1. The maximum Gasteiger partial charge on any atom is 0.229 e. The number of carbonyl (C=O) groups is 1. The van der Waals surface area contributed by atoms with Crippen LogP contribution in [-0.2, 0) is 0 Å². The SMILES string of the molecule is C[C@H](CCCCC(=O)c1ccccc1)c1nc(C2=CC(C3CC3)=IC=C2)no1. The Kier molecular flexibility index (Phi) is 6.29. The summed E-state index contributed by atoms with van der Waals surface area (Å²) in [7, 11) is 0. The van der Waals surface area contributed by atoms with Gasteiger partial charge in [-0.05, 0) is 51.3 Å². The molecule has 2 heterocycles. The van der Waals surface area contributed by atoms with Crippen molar-refractivity contribution in [3.05, 3.63) is 63.8 Å². The molecule has 1 saturated carbocycles. The van der Waals surface area contributed by atoms with Gasteiger partial charge in [0, 0.05) is 23.5 Å². The number of halogens is 1. The first-order valence-electron chi connectivity index (χ1n) is 10.0. The van der Waals surface area contributed by atoms with Crippen molar-refractivity contribution in [2.24, 2.45) is 5.92 Å². The molecule has 146 valence electrons. The molecule has 0 spiro atoms. The minimum Gasteiger partial charge on any atom is -0.339 e. The van der Waals surface area contributed by atoms with Crippen molar-refractivity contribution in [2.45, 2.75) is 51.4 Å². The van der Waals surface area contributed by atoms with Gasteiger partial charge in [0.05, 0.1) is 0 Å². The number of ketones is 1. The molecule has 2 aromatic rings. The van der Waals surface area contributed by atoms with Crippen LogP contribution in [0.1, 0.15) is 73.4 Å². The normalized spacial score (nSPS) is 17.5. The molecule has 4 nitrogen and oxygen atoms in total. The molecule has 5 heteroatoms. The number of Topliss-reactive ketones (excluding diaryl/α,β-unsaturated/α-hetero) is 1. The highest BCUT2D eigenvalue weighted by molar-refractivity contribution is 14.2. The largest absolute Gasteiger partial charge is 0.339 e. The first-order valence-corrected chi connectivity index (χ1v) is 12.3. The number of unbranched alkanes of at least 4 members (excludes halogenated alkanes) is 1. The predicted molar refractivity (Wildman–Crippen MR) is 121 cm³/mol. The number of hydrogen-bond donors (Lipinski definition) is 0. The third-order valence-electron chi connectivity index (χ3n) is 5.20. The zero-order chi connectivity index (χ0) is 19.3. The van der Waals surface area contributed by atoms with Crippen LogP contribution in [0.4, 0.5) is 0 Å². The molecule has 0 N–H and O–H groups in total. The number of hydrogen-bond acceptors (Lipinski definition) is 4. The minimum atomic E-state index is 0.0586. The number of benzene rings is 1. The van der Waals surface area contributed by atoms with E-state index in [9.17, 15) is 4.79 Å². The van der Waals surface area contributed by atoms with E-state index in [2.05, 4.69) is 33.3 Å². The van der Waals surface area contributed by atoms with Crippen LogP contribution >= 0.6 is 20.7 Å². The number of carbonyl (C=O) groups excluding carboxylic acids is 1. The molecule has 1 atom stereocenters. The van der Waals surface area contributed by atoms with Gasteiger partial charge in [0.1, 0.15) is 0 Å². The van der Waals surface area contributed by atoms with Crippen LogP contribution in [0.3, 0.4) is 0 Å². The Morgan fingerprint density at radius 1 is 1.25 bits per heavy atom. The lowest BCUT2D eigenvalue weighted by Gasteiger charge is -2.06. The van der Waals surface area contributed by atoms with Crippen LogP contribution in [0.25, 0.3) is 5.57 Å². The Morgan fingerprint density at radius 2 is 2.07 bits per heavy atom. The van der Waals surface area contributed by atoms with Crippen molar-refractivity contribution in [1.82, 2.24) is 10.1 Å². The average Bonchev–Trinajstić information content (AvgIpc) is 3.48. The molecule has 1 aromatic carbocycles. The second-order valence-corrected chi connectivity index (χ2v) is 10.1. The molecule has 0 radical (unpaired) electrons. The van der Waals surface area contributed by atoms with Crippen molar-refractivity contribution in [2.75, 3.05) is 0 Å². The summed E-state index contributed by atoms with van der Waals surface area (Å²) in [6.07, 6.45) is 10.5. The van der Waals surface area contributed by atoms with Crippen molar-refractivity contribution in [3.8, 4) is 0 Å². The summed E-state index contributed by atoms with van der Waals surface area (Å²) in [4.78, 5) is 16.8. The average molecular weight is 488 g/mol. The van der Waals surface area contributed by atoms with E-state index in [0.717, 1.165) is 36.3 Å². The van der Waals surface area contributed by atoms with Crippen molar-refractivity contribution < 1.29 is 9.32 Å². The van der Waals surface area contributed by atoms with Gasteiger partial charge in [-0.1, -0.05) is 69.6 Å². The molecule has 2 aliphatic rings. The van der Waals surface area contributed by atoms with E-state index in [1.54, 1.807) is 3.51 Å². The van der Waals surface area contributed by atoms with E-state index in [-0.39, 0.29) is 32.4 Å². The van der Waals surface area contributed by atoms with E-state index in [1.807, 2.05) is 30.3 Å². The molecule has 0 saturated heterocycles. The van der Waals surface area contributed by atoms with E-state index < -0.39 is 0 Å². The third kappa shape index (κ3) is 4.93. The van der Waals surface area contributed by atoms with Gasteiger partial charge in [-0.2, -0.15) is 4.98 Å². The first kappa shape index (κ1) is 19.4. The first-order chi connectivity index (χ1) is 13.7. The minimum absolute atomic E-state index is 0.0586. The maximum atomic E-state index is 12.2. The van der Waals surface area contributed by atoms with Crippen LogP contribution in [0.15, 0.2) is 51.1 Å². The number of rotatable bonds is 9. The van der Waals surface area contributed by atoms with Crippen LogP contribution in [0.5, 0.6) is 0 Å². The topological polar surface area (TPSA) is 56.0 Å². The molecule has 1 aromatic heterocycles. The van der Waals surface area contributed by atoms with Crippen LogP contribution in [-0.4, -0.2) is 19.4 Å². The zero-order valence-corrected chi connectivity index (χ0v) is 18.3. The molecule has 1 aliphatic carbocycles. The van der Waals surface area contributed by atoms with E-state index in [4.69, 9.17) is 4.52 Å². The molecular weight excluding hydrogens is 463 g/mol. The predicted octanol–water partition coefficient (Wildman–Crippen LogP) is 6.08. The highest BCUT2D eigenvalue weighted by atomic mass is 127. The Hall–Kier alpha value is -1.89. The van der Waals surface area contributed by atoms with Gasteiger partial charge in [0.15, 0.2) is 5.78 Å². The monoisotopic (exact) mass is 488 g/mol. The van der Waals surface area contributed by atoms with Crippen LogP contribution in [0, 0.1) is 5.92 Å². The van der Waals surface area contributed by atoms with Crippen molar-refractivity contribution >= 4 is 35.6 Å². The van der Waals surface area contributed by atoms with Gasteiger partial charge >= 0.3 is 0 Å². The second-order valence-electron chi connectivity index (χ2n) is 7.55. The lowest BCUT2D eigenvalue weighted by Crippen LogP contribution is -2.00. The van der Waals surface area contributed by atoms with Gasteiger partial charge in [-0.25, -0.2) is 0 Å². The lowest BCUT2D eigenvalue weighted by molar-refractivity contribution is 0.0979. The smallest absolute Gasteiger partial charge is 0.229 e.